The number of hydrogen-bond donors (Lipinski definition) is 4. The van der Waals surface area contributed by atoms with Crippen molar-refractivity contribution in [3.8, 4) is 5.75 Å². The van der Waals surface area contributed by atoms with Crippen LogP contribution < -0.4 is 16.2 Å². The first-order valence-corrected chi connectivity index (χ1v) is 8.12. The lowest BCUT2D eigenvalue weighted by molar-refractivity contribution is -0.117. The summed E-state index contributed by atoms with van der Waals surface area (Å²) in [7, 11) is 0. The minimum atomic E-state index is -0.350. The fourth-order valence-corrected chi connectivity index (χ4v) is 2.90. The molecule has 0 aliphatic carbocycles. The van der Waals surface area contributed by atoms with Gasteiger partial charge in [-0.05, 0) is 56.5 Å². The highest BCUT2D eigenvalue weighted by Crippen LogP contribution is 2.32. The van der Waals surface area contributed by atoms with Crippen LogP contribution in [0, 0.1) is 20.8 Å². The summed E-state index contributed by atoms with van der Waals surface area (Å²) in [4.78, 5) is 12.4. The van der Waals surface area contributed by atoms with Crippen molar-refractivity contribution >= 4 is 11.6 Å². The van der Waals surface area contributed by atoms with Crippen molar-refractivity contribution in [1.82, 2.24) is 10.9 Å². The molecule has 0 spiro atoms. The van der Waals surface area contributed by atoms with E-state index in [2.05, 4.69) is 16.2 Å². The molecule has 2 aromatic carbocycles. The van der Waals surface area contributed by atoms with Crippen LogP contribution in [0.1, 0.15) is 34.7 Å². The van der Waals surface area contributed by atoms with Gasteiger partial charge in [0.1, 0.15) is 11.8 Å². The highest BCUT2D eigenvalue weighted by atomic mass is 16.3. The zero-order valence-electron chi connectivity index (χ0n) is 14.2. The number of hydrazine groups is 1. The van der Waals surface area contributed by atoms with Crippen molar-refractivity contribution in [3.05, 3.63) is 58.7 Å². The molecule has 1 aliphatic heterocycles. The van der Waals surface area contributed by atoms with Crippen molar-refractivity contribution in [2.24, 2.45) is 0 Å². The van der Waals surface area contributed by atoms with Gasteiger partial charge in [-0.3, -0.25) is 4.79 Å². The molecule has 0 radical (unpaired) electrons. The molecule has 126 valence electrons. The van der Waals surface area contributed by atoms with Gasteiger partial charge in [0.25, 0.3) is 0 Å². The van der Waals surface area contributed by atoms with E-state index in [0.717, 1.165) is 27.9 Å². The average molecular weight is 325 g/mol. The lowest BCUT2D eigenvalue weighted by Gasteiger charge is -2.14. The first-order valence-electron chi connectivity index (χ1n) is 8.12. The number of nitrogens with one attached hydrogen (secondary N) is 3. The molecule has 5 nitrogen and oxygen atoms in total. The van der Waals surface area contributed by atoms with E-state index < -0.39 is 0 Å². The van der Waals surface area contributed by atoms with Crippen LogP contribution in [0.5, 0.6) is 5.75 Å². The molecule has 1 amide bonds. The van der Waals surface area contributed by atoms with E-state index >= 15 is 0 Å². The van der Waals surface area contributed by atoms with Crippen LogP contribution in [-0.2, 0) is 4.79 Å². The number of anilines is 1. The van der Waals surface area contributed by atoms with Crippen LogP contribution in [-0.4, -0.2) is 17.1 Å². The first-order chi connectivity index (χ1) is 11.4. The van der Waals surface area contributed by atoms with Gasteiger partial charge >= 0.3 is 0 Å². The maximum atomic E-state index is 12.4. The smallest absolute Gasteiger partial charge is 0.242 e. The predicted octanol–water partition coefficient (Wildman–Crippen LogP) is 2.86. The fraction of sp³-hybridized carbons (Fsp3) is 0.316. The summed E-state index contributed by atoms with van der Waals surface area (Å²) in [6.45, 7) is 5.99. The molecule has 3 rings (SSSR count). The van der Waals surface area contributed by atoms with Gasteiger partial charge in [0.05, 0.1) is 6.04 Å². The lowest BCUT2D eigenvalue weighted by Crippen LogP contribution is -2.39. The van der Waals surface area contributed by atoms with Gasteiger partial charge in [-0.2, -0.15) is 0 Å². The fourth-order valence-electron chi connectivity index (χ4n) is 2.90. The molecule has 1 fully saturated rings. The topological polar surface area (TPSA) is 73.4 Å². The molecule has 24 heavy (non-hydrogen) atoms. The Balaban J connectivity index is 1.67. The van der Waals surface area contributed by atoms with Crippen molar-refractivity contribution in [2.75, 3.05) is 5.32 Å². The van der Waals surface area contributed by atoms with Crippen LogP contribution in [0.2, 0.25) is 0 Å². The van der Waals surface area contributed by atoms with E-state index in [4.69, 9.17) is 0 Å². The van der Waals surface area contributed by atoms with E-state index in [-0.39, 0.29) is 23.7 Å². The Morgan fingerprint density at radius 2 is 1.75 bits per heavy atom. The highest BCUT2D eigenvalue weighted by molar-refractivity contribution is 5.95. The number of benzene rings is 2. The number of aromatic hydroxyl groups is 1. The number of carbonyl (C=O) groups excluding carboxylic acids is 1. The largest absolute Gasteiger partial charge is 0.508 e. The van der Waals surface area contributed by atoms with Gasteiger partial charge in [0.2, 0.25) is 5.91 Å². The standard InChI is InChI=1S/C19H23N3O2/c1-11-4-6-14(7-5-11)20-19(24)17-10-16(21-22-17)15-8-12(2)13(3)9-18(15)23/h4-9,16-17,21-23H,10H2,1-3H3,(H,20,24). The Morgan fingerprint density at radius 1 is 1.08 bits per heavy atom. The van der Waals surface area contributed by atoms with Crippen molar-refractivity contribution in [3.63, 3.8) is 0 Å². The van der Waals surface area contributed by atoms with E-state index in [0.29, 0.717) is 6.42 Å². The molecule has 4 N–H and O–H groups in total. The van der Waals surface area contributed by atoms with Crippen molar-refractivity contribution in [1.29, 1.82) is 0 Å². The Bertz CT molecular complexity index is 756. The third-order valence-corrected chi connectivity index (χ3v) is 4.56. The van der Waals surface area contributed by atoms with Gasteiger partial charge in [-0.15, -0.1) is 0 Å². The Morgan fingerprint density at radius 3 is 2.46 bits per heavy atom. The van der Waals surface area contributed by atoms with E-state index in [9.17, 15) is 9.90 Å². The second-order valence-electron chi connectivity index (χ2n) is 6.48. The maximum absolute atomic E-state index is 12.4. The Hall–Kier alpha value is -2.37. The monoisotopic (exact) mass is 325 g/mol. The molecular formula is C19H23N3O2. The van der Waals surface area contributed by atoms with Gasteiger partial charge in [0.15, 0.2) is 0 Å². The minimum Gasteiger partial charge on any atom is -0.508 e. The van der Waals surface area contributed by atoms with Crippen LogP contribution in [0.15, 0.2) is 36.4 Å². The summed E-state index contributed by atoms with van der Waals surface area (Å²) in [6, 6.07) is 11.0. The third-order valence-electron chi connectivity index (χ3n) is 4.56. The van der Waals surface area contributed by atoms with Crippen LogP contribution in [0.4, 0.5) is 5.69 Å². The molecule has 0 aromatic heterocycles. The number of amides is 1. The number of phenols is 1. The number of phenolic OH excluding ortho intramolecular Hbond substituents is 1. The number of aryl methyl sites for hydroxylation is 3. The Labute approximate surface area is 142 Å². The summed E-state index contributed by atoms with van der Waals surface area (Å²) < 4.78 is 0. The van der Waals surface area contributed by atoms with E-state index in [1.165, 1.54) is 0 Å². The summed E-state index contributed by atoms with van der Waals surface area (Å²) in [5, 5.41) is 13.1. The maximum Gasteiger partial charge on any atom is 0.242 e. The lowest BCUT2D eigenvalue weighted by atomic mass is 9.97. The van der Waals surface area contributed by atoms with Crippen LogP contribution in [0.3, 0.4) is 0 Å². The molecule has 1 saturated heterocycles. The molecular weight excluding hydrogens is 302 g/mol. The summed E-state index contributed by atoms with van der Waals surface area (Å²) in [6.07, 6.45) is 0.577. The van der Waals surface area contributed by atoms with Gasteiger partial charge in [-0.1, -0.05) is 23.8 Å². The number of hydrogen-bond acceptors (Lipinski definition) is 4. The second-order valence-corrected chi connectivity index (χ2v) is 6.48. The van der Waals surface area contributed by atoms with Crippen LogP contribution >= 0.6 is 0 Å². The zero-order valence-corrected chi connectivity index (χ0v) is 14.2. The highest BCUT2D eigenvalue weighted by Gasteiger charge is 2.31. The molecule has 2 unspecified atom stereocenters. The predicted molar refractivity (Wildman–Crippen MR) is 94.8 cm³/mol. The zero-order chi connectivity index (χ0) is 17.3. The van der Waals surface area contributed by atoms with E-state index in [1.807, 2.05) is 51.1 Å². The number of carbonyl (C=O) groups is 1. The second kappa shape index (κ2) is 6.63. The quantitative estimate of drug-likeness (QED) is 0.700. The Kier molecular flexibility index (Phi) is 4.55. The molecule has 2 aromatic rings. The molecule has 0 saturated carbocycles. The van der Waals surface area contributed by atoms with Gasteiger partial charge in [-0.25, -0.2) is 10.9 Å². The molecule has 1 aliphatic rings. The summed E-state index contributed by atoms with van der Waals surface area (Å²) >= 11 is 0. The molecule has 5 heteroatoms. The van der Waals surface area contributed by atoms with E-state index in [1.54, 1.807) is 6.07 Å². The van der Waals surface area contributed by atoms with Gasteiger partial charge < -0.3 is 10.4 Å². The average Bonchev–Trinajstić information content (AvgIpc) is 3.03. The van der Waals surface area contributed by atoms with Gasteiger partial charge in [0, 0.05) is 11.3 Å². The number of rotatable bonds is 3. The molecule has 1 heterocycles. The van der Waals surface area contributed by atoms with Crippen molar-refractivity contribution < 1.29 is 9.90 Å². The summed E-state index contributed by atoms with van der Waals surface area (Å²) in [5.41, 5.74) is 11.1. The molecule has 0 bridgehead atoms. The summed E-state index contributed by atoms with van der Waals surface area (Å²) in [5.74, 6) is 0.175. The first kappa shape index (κ1) is 16.5. The SMILES string of the molecule is Cc1ccc(NC(=O)C2CC(c3cc(C)c(C)cc3O)NN2)cc1. The van der Waals surface area contributed by atoms with Crippen LogP contribution in [0.25, 0.3) is 0 Å². The minimum absolute atomic E-state index is 0.0859. The molecule has 2 atom stereocenters. The van der Waals surface area contributed by atoms with Crippen molar-refractivity contribution in [2.45, 2.75) is 39.3 Å². The third kappa shape index (κ3) is 3.42. The normalized spacial score (nSPS) is 20.1.